The van der Waals surface area contributed by atoms with Gasteiger partial charge in [0.15, 0.2) is 0 Å². The van der Waals surface area contributed by atoms with Gasteiger partial charge in [-0.1, -0.05) is 0 Å². The topological polar surface area (TPSA) is 83.6 Å². The van der Waals surface area contributed by atoms with Crippen LogP contribution in [0.3, 0.4) is 0 Å². The Bertz CT molecular complexity index is 537. The SMILES string of the molecule is CC1=C(C)C(=O)N(c2ccc(O)c(N)c2)C1=O. The van der Waals surface area contributed by atoms with E-state index in [9.17, 15) is 14.7 Å². The molecule has 1 aromatic rings. The van der Waals surface area contributed by atoms with E-state index in [1.165, 1.54) is 18.2 Å². The van der Waals surface area contributed by atoms with Gasteiger partial charge in [0, 0.05) is 11.1 Å². The van der Waals surface area contributed by atoms with Gasteiger partial charge in [0.2, 0.25) is 0 Å². The molecular formula is C12H12N2O3. The highest BCUT2D eigenvalue weighted by molar-refractivity contribution is 6.32. The Morgan fingerprint density at radius 2 is 1.65 bits per heavy atom. The number of benzene rings is 1. The summed E-state index contributed by atoms with van der Waals surface area (Å²) in [5.74, 6) is -0.774. The minimum atomic E-state index is -0.349. The first kappa shape index (κ1) is 11.2. The molecule has 5 heteroatoms. The molecule has 0 aromatic heterocycles. The number of carbonyl (C=O) groups is 2. The highest BCUT2D eigenvalue weighted by atomic mass is 16.3. The van der Waals surface area contributed by atoms with Gasteiger partial charge in [0.25, 0.3) is 11.8 Å². The van der Waals surface area contributed by atoms with Crippen molar-refractivity contribution < 1.29 is 14.7 Å². The third-order valence-electron chi connectivity index (χ3n) is 2.88. The van der Waals surface area contributed by atoms with Crippen LogP contribution >= 0.6 is 0 Å². The number of phenolic OH excluding ortho intramolecular Hbond substituents is 1. The summed E-state index contributed by atoms with van der Waals surface area (Å²) in [5, 5.41) is 9.30. The van der Waals surface area contributed by atoms with Crippen LogP contribution in [0.4, 0.5) is 11.4 Å². The summed E-state index contributed by atoms with van der Waals surface area (Å²) in [7, 11) is 0. The number of anilines is 2. The lowest BCUT2D eigenvalue weighted by Gasteiger charge is -2.15. The molecule has 0 unspecified atom stereocenters. The average molecular weight is 232 g/mol. The summed E-state index contributed by atoms with van der Waals surface area (Å²) in [5.41, 5.74) is 6.90. The van der Waals surface area contributed by atoms with Gasteiger partial charge in [-0.25, -0.2) is 4.90 Å². The second kappa shape index (κ2) is 3.62. The second-order valence-electron chi connectivity index (χ2n) is 3.94. The highest BCUT2D eigenvalue weighted by Gasteiger charge is 2.34. The lowest BCUT2D eigenvalue weighted by Crippen LogP contribution is -2.31. The number of amides is 2. The van der Waals surface area contributed by atoms with Gasteiger partial charge >= 0.3 is 0 Å². The van der Waals surface area contributed by atoms with E-state index < -0.39 is 0 Å². The molecule has 0 atom stereocenters. The molecule has 1 heterocycles. The number of carbonyl (C=O) groups excluding carboxylic acids is 2. The van der Waals surface area contributed by atoms with E-state index in [2.05, 4.69) is 0 Å². The zero-order valence-corrected chi connectivity index (χ0v) is 9.52. The van der Waals surface area contributed by atoms with Crippen LogP contribution < -0.4 is 10.6 Å². The number of hydrogen-bond donors (Lipinski definition) is 2. The molecule has 0 bridgehead atoms. The number of hydrogen-bond acceptors (Lipinski definition) is 4. The molecule has 88 valence electrons. The van der Waals surface area contributed by atoms with Crippen molar-refractivity contribution in [3.05, 3.63) is 29.3 Å². The summed E-state index contributed by atoms with van der Waals surface area (Å²) in [6.07, 6.45) is 0. The number of rotatable bonds is 1. The minimum absolute atomic E-state index is 0.0748. The Kier molecular flexibility index (Phi) is 2.38. The van der Waals surface area contributed by atoms with Crippen molar-refractivity contribution in [1.29, 1.82) is 0 Å². The van der Waals surface area contributed by atoms with Gasteiger partial charge in [-0.3, -0.25) is 9.59 Å². The summed E-state index contributed by atoms with van der Waals surface area (Å²) in [6.45, 7) is 3.22. The maximum Gasteiger partial charge on any atom is 0.261 e. The van der Waals surface area contributed by atoms with Crippen LogP contribution in [0.2, 0.25) is 0 Å². The number of aromatic hydroxyl groups is 1. The van der Waals surface area contributed by atoms with Gasteiger partial charge in [0.05, 0.1) is 11.4 Å². The van der Waals surface area contributed by atoms with E-state index in [1.54, 1.807) is 13.8 Å². The van der Waals surface area contributed by atoms with E-state index in [4.69, 9.17) is 5.73 Å². The molecule has 1 aliphatic rings. The lowest BCUT2D eigenvalue weighted by molar-refractivity contribution is -0.120. The molecule has 5 nitrogen and oxygen atoms in total. The highest BCUT2D eigenvalue weighted by Crippen LogP contribution is 2.31. The van der Waals surface area contributed by atoms with E-state index in [1.807, 2.05) is 0 Å². The van der Waals surface area contributed by atoms with Crippen LogP contribution in [-0.2, 0) is 9.59 Å². The van der Waals surface area contributed by atoms with E-state index in [0.717, 1.165) is 4.90 Å². The number of nitrogens with two attached hydrogens (primary N) is 1. The fourth-order valence-electron chi connectivity index (χ4n) is 1.66. The van der Waals surface area contributed by atoms with Crippen LogP contribution in [0.1, 0.15) is 13.8 Å². The van der Waals surface area contributed by atoms with E-state index in [0.29, 0.717) is 16.8 Å². The van der Waals surface area contributed by atoms with Gasteiger partial charge in [-0.05, 0) is 32.0 Å². The molecule has 0 radical (unpaired) electrons. The fourth-order valence-corrected chi connectivity index (χ4v) is 1.66. The minimum Gasteiger partial charge on any atom is -0.506 e. The van der Waals surface area contributed by atoms with Crippen molar-refractivity contribution in [3.8, 4) is 5.75 Å². The van der Waals surface area contributed by atoms with Gasteiger partial charge in [0.1, 0.15) is 5.75 Å². The van der Waals surface area contributed by atoms with Crippen molar-refractivity contribution in [2.75, 3.05) is 10.6 Å². The average Bonchev–Trinajstić information content (AvgIpc) is 2.48. The molecule has 2 rings (SSSR count). The molecule has 1 aliphatic heterocycles. The van der Waals surface area contributed by atoms with Crippen molar-refractivity contribution >= 4 is 23.2 Å². The summed E-state index contributed by atoms with van der Waals surface area (Å²) in [6, 6.07) is 4.23. The molecule has 0 spiro atoms. The van der Waals surface area contributed by atoms with Crippen LogP contribution in [0.5, 0.6) is 5.75 Å². The number of nitrogens with zero attached hydrogens (tertiary/aromatic N) is 1. The van der Waals surface area contributed by atoms with E-state index in [-0.39, 0.29) is 23.3 Å². The summed E-state index contributed by atoms with van der Waals surface area (Å²) in [4.78, 5) is 24.8. The van der Waals surface area contributed by atoms with Crippen molar-refractivity contribution in [3.63, 3.8) is 0 Å². The van der Waals surface area contributed by atoms with Crippen LogP contribution in [0, 0.1) is 0 Å². The number of imide groups is 1. The Labute approximate surface area is 98.1 Å². The number of phenols is 1. The zero-order valence-electron chi connectivity index (χ0n) is 9.52. The maximum absolute atomic E-state index is 11.9. The normalized spacial score (nSPS) is 16.0. The molecular weight excluding hydrogens is 220 g/mol. The van der Waals surface area contributed by atoms with Crippen molar-refractivity contribution in [2.45, 2.75) is 13.8 Å². The van der Waals surface area contributed by atoms with Crippen LogP contribution in [0.15, 0.2) is 29.3 Å². The molecule has 0 saturated heterocycles. The Morgan fingerprint density at radius 1 is 1.12 bits per heavy atom. The molecule has 17 heavy (non-hydrogen) atoms. The van der Waals surface area contributed by atoms with Gasteiger partial charge < -0.3 is 10.8 Å². The van der Waals surface area contributed by atoms with Crippen molar-refractivity contribution in [2.24, 2.45) is 0 Å². The predicted molar refractivity (Wildman–Crippen MR) is 63.4 cm³/mol. The van der Waals surface area contributed by atoms with Crippen LogP contribution in [0.25, 0.3) is 0 Å². The summed E-state index contributed by atoms with van der Waals surface area (Å²) < 4.78 is 0. The predicted octanol–water partition coefficient (Wildman–Crippen LogP) is 1.18. The monoisotopic (exact) mass is 232 g/mol. The molecule has 0 fully saturated rings. The molecule has 0 saturated carbocycles. The molecule has 1 aromatic carbocycles. The zero-order chi connectivity index (χ0) is 12.7. The van der Waals surface area contributed by atoms with Gasteiger partial charge in [-0.2, -0.15) is 0 Å². The fraction of sp³-hybridized carbons (Fsp3) is 0.167. The second-order valence-corrected chi connectivity index (χ2v) is 3.94. The maximum atomic E-state index is 11.9. The summed E-state index contributed by atoms with van der Waals surface area (Å²) >= 11 is 0. The quantitative estimate of drug-likeness (QED) is 0.432. The molecule has 3 N–H and O–H groups in total. The largest absolute Gasteiger partial charge is 0.506 e. The first-order chi connectivity index (χ1) is 7.93. The molecule has 0 aliphatic carbocycles. The lowest BCUT2D eigenvalue weighted by atomic mass is 10.2. The van der Waals surface area contributed by atoms with Gasteiger partial charge in [-0.15, -0.1) is 0 Å². The first-order valence-electron chi connectivity index (χ1n) is 5.08. The smallest absolute Gasteiger partial charge is 0.261 e. The standard InChI is InChI=1S/C12H12N2O3/c1-6-7(2)12(17)14(11(6)16)8-3-4-10(15)9(13)5-8/h3-5,15H,13H2,1-2H3. The first-order valence-corrected chi connectivity index (χ1v) is 5.08. The molecule has 2 amide bonds. The Balaban J connectivity index is 2.47. The Hall–Kier alpha value is -2.30. The van der Waals surface area contributed by atoms with Crippen molar-refractivity contribution in [1.82, 2.24) is 0 Å². The third-order valence-corrected chi connectivity index (χ3v) is 2.88. The Morgan fingerprint density at radius 3 is 2.12 bits per heavy atom. The van der Waals surface area contributed by atoms with Crippen LogP contribution in [-0.4, -0.2) is 16.9 Å². The number of nitrogen functional groups attached to an aromatic ring is 1. The van der Waals surface area contributed by atoms with E-state index >= 15 is 0 Å². The third kappa shape index (κ3) is 1.56.